The van der Waals surface area contributed by atoms with Crippen molar-refractivity contribution in [2.24, 2.45) is 0 Å². The molecule has 5 aromatic rings. The Labute approximate surface area is 262 Å². The number of likely N-dealkylation sites (tertiary alicyclic amines) is 1. The number of carbonyl (C=O) groups is 1. The number of fused-ring (bicyclic) bond motifs is 2. The number of hydrogen-bond donors (Lipinski definition) is 2. The highest BCUT2D eigenvalue weighted by atomic mass is 16.6. The Kier molecular flexibility index (Phi) is 8.18. The molecule has 3 aromatic heterocycles. The third-order valence-electron chi connectivity index (χ3n) is 7.80. The minimum Gasteiger partial charge on any atom is -0.458 e. The molecule has 1 aliphatic rings. The summed E-state index contributed by atoms with van der Waals surface area (Å²) < 4.78 is 13.7. The lowest BCUT2D eigenvalue weighted by molar-refractivity contribution is 0.00662. The van der Waals surface area contributed by atoms with E-state index in [0.29, 0.717) is 36.9 Å². The first-order valence-corrected chi connectivity index (χ1v) is 15.4. The van der Waals surface area contributed by atoms with E-state index in [9.17, 15) is 4.79 Å². The fraction of sp³-hybridized carbons (Fsp3) is 0.382. The molecule has 1 atom stereocenters. The van der Waals surface area contributed by atoms with Gasteiger partial charge in [-0.05, 0) is 68.7 Å². The topological polar surface area (TPSA) is 133 Å². The molecule has 45 heavy (non-hydrogen) atoms. The van der Waals surface area contributed by atoms with Crippen LogP contribution in [0.15, 0.2) is 60.9 Å². The predicted molar refractivity (Wildman–Crippen MR) is 175 cm³/mol. The van der Waals surface area contributed by atoms with Gasteiger partial charge < -0.3 is 25.4 Å². The summed E-state index contributed by atoms with van der Waals surface area (Å²) >= 11 is 0. The largest absolute Gasteiger partial charge is 0.458 e. The molecule has 0 bridgehead atoms. The van der Waals surface area contributed by atoms with Crippen molar-refractivity contribution in [3.05, 3.63) is 72.1 Å². The summed E-state index contributed by atoms with van der Waals surface area (Å²) in [6.07, 6.45) is 4.62. The number of pyridine rings is 1. The second-order valence-electron chi connectivity index (χ2n) is 12.8. The number of nitrogens with zero attached hydrogens (tertiary/aromatic N) is 6. The first-order valence-electron chi connectivity index (χ1n) is 15.4. The van der Waals surface area contributed by atoms with E-state index in [4.69, 9.17) is 30.2 Å². The van der Waals surface area contributed by atoms with Crippen LogP contribution in [0.2, 0.25) is 0 Å². The fourth-order valence-electron chi connectivity index (χ4n) is 5.62. The van der Waals surface area contributed by atoms with Crippen LogP contribution in [0.5, 0.6) is 6.01 Å². The number of anilines is 2. The Morgan fingerprint density at radius 2 is 1.96 bits per heavy atom. The monoisotopic (exact) mass is 608 g/mol. The molecule has 1 aliphatic heterocycles. The van der Waals surface area contributed by atoms with Crippen LogP contribution in [0.3, 0.4) is 0 Å². The number of hydrogen-bond acceptors (Lipinski definition) is 9. The van der Waals surface area contributed by atoms with Crippen LogP contribution in [0.1, 0.15) is 64.5 Å². The maximum atomic E-state index is 12.7. The molecule has 1 saturated heterocycles. The van der Waals surface area contributed by atoms with Crippen LogP contribution in [0.25, 0.3) is 27.7 Å². The molecular weight excluding hydrogens is 568 g/mol. The van der Waals surface area contributed by atoms with Crippen molar-refractivity contribution in [3.63, 3.8) is 0 Å². The Bertz CT molecular complexity index is 1850. The van der Waals surface area contributed by atoms with E-state index >= 15 is 0 Å². The summed E-state index contributed by atoms with van der Waals surface area (Å²) in [7, 11) is 0. The van der Waals surface area contributed by atoms with Gasteiger partial charge in [0.25, 0.3) is 0 Å². The molecule has 0 spiro atoms. The van der Waals surface area contributed by atoms with Crippen LogP contribution >= 0.6 is 0 Å². The zero-order chi connectivity index (χ0) is 31.7. The number of benzene rings is 2. The number of amides is 1. The number of nitrogens with one attached hydrogen (secondary N) is 1. The quantitative estimate of drug-likeness (QED) is 0.200. The van der Waals surface area contributed by atoms with E-state index in [-0.39, 0.29) is 24.1 Å². The maximum absolute atomic E-state index is 12.7. The van der Waals surface area contributed by atoms with Gasteiger partial charge in [-0.1, -0.05) is 44.2 Å². The van der Waals surface area contributed by atoms with Crippen molar-refractivity contribution < 1.29 is 14.3 Å². The van der Waals surface area contributed by atoms with Crippen molar-refractivity contribution in [1.29, 1.82) is 0 Å². The lowest BCUT2D eigenvalue weighted by atomic mass is 9.99. The summed E-state index contributed by atoms with van der Waals surface area (Å²) in [5, 5.41) is 10.2. The molecule has 1 fully saturated rings. The second kappa shape index (κ2) is 12.2. The molecule has 0 radical (unpaired) electrons. The number of rotatable bonds is 7. The van der Waals surface area contributed by atoms with Gasteiger partial charge in [-0.25, -0.2) is 4.79 Å². The molecule has 0 saturated carbocycles. The van der Waals surface area contributed by atoms with Gasteiger partial charge >= 0.3 is 12.1 Å². The molecule has 11 heteroatoms. The SMILES string of the molecule is CC(C)c1cnn2c(NCc3ccccc3-c3nccc4cc(N)ccc34)nc(O[C@@H]3CCCN(C(=O)OC(C)(C)C)C3)nc12. The molecule has 0 aliphatic carbocycles. The van der Waals surface area contributed by atoms with E-state index in [1.54, 1.807) is 9.42 Å². The Hall–Kier alpha value is -4.93. The Morgan fingerprint density at radius 1 is 1.13 bits per heavy atom. The average Bonchev–Trinajstić information content (AvgIpc) is 3.43. The number of nitrogen functional groups attached to an aromatic ring is 1. The van der Waals surface area contributed by atoms with Gasteiger partial charge in [0.2, 0.25) is 5.95 Å². The molecule has 2 aromatic carbocycles. The minimum absolute atomic E-state index is 0.197. The Balaban J connectivity index is 1.28. The van der Waals surface area contributed by atoms with Crippen LogP contribution in [0, 0.1) is 0 Å². The molecule has 11 nitrogen and oxygen atoms in total. The summed E-state index contributed by atoms with van der Waals surface area (Å²) in [5.74, 6) is 0.706. The predicted octanol–water partition coefficient (Wildman–Crippen LogP) is 6.44. The first-order chi connectivity index (χ1) is 21.6. The van der Waals surface area contributed by atoms with E-state index in [1.165, 1.54) is 0 Å². The summed E-state index contributed by atoms with van der Waals surface area (Å²) in [6.45, 7) is 11.3. The van der Waals surface area contributed by atoms with E-state index in [1.807, 2.05) is 69.6 Å². The molecule has 234 valence electrons. The lowest BCUT2D eigenvalue weighted by Crippen LogP contribution is -2.46. The van der Waals surface area contributed by atoms with E-state index in [0.717, 1.165) is 46.0 Å². The maximum Gasteiger partial charge on any atom is 0.410 e. The fourth-order valence-corrected chi connectivity index (χ4v) is 5.62. The average molecular weight is 609 g/mol. The number of piperidine rings is 1. The highest BCUT2D eigenvalue weighted by Gasteiger charge is 2.29. The minimum atomic E-state index is -0.564. The third-order valence-corrected chi connectivity index (χ3v) is 7.80. The van der Waals surface area contributed by atoms with Gasteiger partial charge in [0.1, 0.15) is 11.7 Å². The second-order valence-corrected chi connectivity index (χ2v) is 12.8. The normalized spacial score (nSPS) is 15.5. The van der Waals surface area contributed by atoms with Gasteiger partial charge in [0.05, 0.1) is 18.4 Å². The zero-order valence-corrected chi connectivity index (χ0v) is 26.4. The first kappa shape index (κ1) is 30.1. The molecule has 0 unspecified atom stereocenters. The van der Waals surface area contributed by atoms with Gasteiger partial charge in [0.15, 0.2) is 5.65 Å². The number of ether oxygens (including phenoxy) is 2. The molecule has 4 heterocycles. The summed E-state index contributed by atoms with van der Waals surface area (Å²) in [5.41, 5.74) is 10.8. The molecule has 1 amide bonds. The highest BCUT2D eigenvalue weighted by Crippen LogP contribution is 2.31. The standard InChI is InChI=1S/C34H40N8O3/c1-21(2)28-19-38-42-30(28)39-32(44-25-10-8-16-41(20-25)33(43)45-34(3,4)5)40-31(42)37-18-23-9-6-7-11-26(23)29-27-13-12-24(35)17-22(27)14-15-36-29/h6-7,9,11-15,17,19,21,25H,8,10,16,18,20,35H2,1-5H3,(H,37,39,40)/t25-/m1/s1. The van der Waals surface area contributed by atoms with Crippen LogP contribution in [-0.4, -0.2) is 60.4 Å². The Morgan fingerprint density at radius 3 is 2.76 bits per heavy atom. The van der Waals surface area contributed by atoms with Gasteiger partial charge in [-0.15, -0.1) is 0 Å². The summed E-state index contributed by atoms with van der Waals surface area (Å²) in [6, 6.07) is 16.3. The third kappa shape index (κ3) is 6.62. The molecule has 3 N–H and O–H groups in total. The van der Waals surface area contributed by atoms with Crippen molar-refractivity contribution in [1.82, 2.24) is 29.5 Å². The number of aromatic nitrogens is 5. The van der Waals surface area contributed by atoms with Crippen LogP contribution in [0.4, 0.5) is 16.4 Å². The van der Waals surface area contributed by atoms with E-state index < -0.39 is 5.60 Å². The van der Waals surface area contributed by atoms with Crippen molar-refractivity contribution in [2.45, 2.75) is 71.6 Å². The van der Waals surface area contributed by atoms with Crippen LogP contribution < -0.4 is 15.8 Å². The lowest BCUT2D eigenvalue weighted by Gasteiger charge is -2.33. The van der Waals surface area contributed by atoms with Gasteiger partial charge in [0, 0.05) is 41.5 Å². The summed E-state index contributed by atoms with van der Waals surface area (Å²) in [4.78, 5) is 28.7. The zero-order valence-electron chi connectivity index (χ0n) is 26.4. The van der Waals surface area contributed by atoms with Crippen molar-refractivity contribution in [3.8, 4) is 17.3 Å². The van der Waals surface area contributed by atoms with Gasteiger partial charge in [-0.3, -0.25) is 4.98 Å². The van der Waals surface area contributed by atoms with E-state index in [2.05, 4.69) is 36.4 Å². The molecular formula is C34H40N8O3. The van der Waals surface area contributed by atoms with Crippen molar-refractivity contribution in [2.75, 3.05) is 24.1 Å². The number of nitrogens with two attached hydrogens (primary N) is 1. The number of carbonyl (C=O) groups excluding carboxylic acids is 1. The van der Waals surface area contributed by atoms with Gasteiger partial charge in [-0.2, -0.15) is 19.6 Å². The van der Waals surface area contributed by atoms with Crippen LogP contribution in [-0.2, 0) is 11.3 Å². The molecule has 6 rings (SSSR count). The smallest absolute Gasteiger partial charge is 0.410 e. The highest BCUT2D eigenvalue weighted by molar-refractivity contribution is 5.96. The van der Waals surface area contributed by atoms with Crippen molar-refractivity contribution >= 4 is 34.1 Å².